The van der Waals surface area contributed by atoms with E-state index < -0.39 is 6.23 Å². The first-order valence-corrected chi connectivity index (χ1v) is 16.4. The van der Waals surface area contributed by atoms with Crippen LogP contribution in [0.2, 0.25) is 0 Å². The van der Waals surface area contributed by atoms with Gasteiger partial charge in [-0.2, -0.15) is 0 Å². The second kappa shape index (κ2) is 16.6. The van der Waals surface area contributed by atoms with E-state index in [4.69, 9.17) is 4.74 Å². The van der Waals surface area contributed by atoms with Crippen molar-refractivity contribution < 1.29 is 14.6 Å². The van der Waals surface area contributed by atoms with Crippen LogP contribution in [-0.4, -0.2) is 42.0 Å². The number of azo groups is 1. The van der Waals surface area contributed by atoms with Crippen LogP contribution in [0.25, 0.3) is 10.2 Å². The quantitative estimate of drug-likeness (QED) is 0.0916. The Balaban J connectivity index is 1.84. The summed E-state index contributed by atoms with van der Waals surface area (Å²) >= 11 is 1.38. The number of nitrogens with zero attached hydrogens (tertiary/aromatic N) is 4. The fourth-order valence-corrected chi connectivity index (χ4v) is 5.88. The van der Waals surface area contributed by atoms with Crippen molar-refractivity contribution in [1.29, 1.82) is 0 Å². The van der Waals surface area contributed by atoms with E-state index in [1.54, 1.807) is 13.0 Å². The van der Waals surface area contributed by atoms with Crippen molar-refractivity contribution in [1.82, 2.24) is 4.98 Å². The number of thiazole rings is 1. The van der Waals surface area contributed by atoms with E-state index in [2.05, 4.69) is 73.0 Å². The zero-order valence-corrected chi connectivity index (χ0v) is 27.3. The lowest BCUT2D eigenvalue weighted by Gasteiger charge is -2.30. The lowest BCUT2D eigenvalue weighted by atomic mass is 9.98. The van der Waals surface area contributed by atoms with Crippen molar-refractivity contribution in [3.63, 3.8) is 0 Å². The molecule has 1 heterocycles. The summed E-state index contributed by atoms with van der Waals surface area (Å²) in [6, 6.07) is 9.46. The number of hydrogen-bond donors (Lipinski definition) is 2. The summed E-state index contributed by atoms with van der Waals surface area (Å²) in [6.45, 7) is 17.0. The van der Waals surface area contributed by atoms with Crippen LogP contribution in [0.5, 0.6) is 0 Å². The maximum Gasteiger partial charge on any atom is 0.338 e. The zero-order chi connectivity index (χ0) is 30.6. The van der Waals surface area contributed by atoms with Crippen LogP contribution in [0.4, 0.5) is 22.2 Å². The molecule has 3 aromatic rings. The van der Waals surface area contributed by atoms with E-state index in [-0.39, 0.29) is 5.97 Å². The standard InChI is InChI=1S/C33H49N5O3S/c1-8-13-14-25(11-4)20-38(12-5)30-19-28(34-23(7)39)29(17-22(30)6)36-37-33-35-27-16-15-26(18-31(27)42-33)32(40)41-21-24(9-2)10-3/h15-19,23-25,34,39H,8-14,20-21H2,1-7H3. The van der Waals surface area contributed by atoms with E-state index in [0.717, 1.165) is 59.5 Å². The number of anilines is 2. The van der Waals surface area contributed by atoms with Gasteiger partial charge in [0.2, 0.25) is 5.13 Å². The summed E-state index contributed by atoms with van der Waals surface area (Å²) in [5.41, 5.74) is 4.86. The number of fused-ring (bicyclic) bond motifs is 1. The Morgan fingerprint density at radius 2 is 1.81 bits per heavy atom. The Labute approximate surface area is 255 Å². The number of rotatable bonds is 17. The number of aliphatic hydroxyl groups excluding tert-OH is 1. The molecular formula is C33H49N5O3S. The second-order valence-electron chi connectivity index (χ2n) is 11.1. The second-order valence-corrected chi connectivity index (χ2v) is 12.1. The van der Waals surface area contributed by atoms with Crippen molar-refractivity contribution in [2.24, 2.45) is 22.1 Å². The van der Waals surface area contributed by atoms with Crippen LogP contribution in [-0.2, 0) is 4.74 Å². The third-order valence-corrected chi connectivity index (χ3v) is 8.79. The molecule has 2 N–H and O–H groups in total. The van der Waals surface area contributed by atoms with Gasteiger partial charge in [0.05, 0.1) is 28.1 Å². The Morgan fingerprint density at radius 1 is 1.07 bits per heavy atom. The Bertz CT molecular complexity index is 1320. The summed E-state index contributed by atoms with van der Waals surface area (Å²) in [5, 5.41) is 22.8. The molecule has 9 heteroatoms. The lowest BCUT2D eigenvalue weighted by Crippen LogP contribution is -2.30. The van der Waals surface area contributed by atoms with Gasteiger partial charge in [-0.15, -0.1) is 10.2 Å². The molecule has 0 radical (unpaired) electrons. The third-order valence-electron chi connectivity index (χ3n) is 7.88. The largest absolute Gasteiger partial charge is 0.462 e. The third kappa shape index (κ3) is 9.23. The maximum absolute atomic E-state index is 12.6. The SMILES string of the molecule is CCCCC(CC)CN(CC)c1cc(NC(C)O)c(N=Nc2nc3ccc(C(=O)OCC(CC)CC)cc3s2)cc1C. The van der Waals surface area contributed by atoms with Crippen LogP contribution >= 0.6 is 11.3 Å². The van der Waals surface area contributed by atoms with E-state index in [0.29, 0.717) is 34.8 Å². The average molecular weight is 596 g/mol. The molecule has 0 aliphatic rings. The number of benzene rings is 2. The Morgan fingerprint density at radius 3 is 2.45 bits per heavy atom. The Kier molecular flexibility index (Phi) is 13.2. The Hall–Kier alpha value is -3.04. The number of unbranched alkanes of at least 4 members (excludes halogenated alkanes) is 1. The fraction of sp³-hybridized carbons (Fsp3) is 0.576. The van der Waals surface area contributed by atoms with Gasteiger partial charge in [0.25, 0.3) is 0 Å². The zero-order valence-electron chi connectivity index (χ0n) is 26.4. The normalized spacial score (nSPS) is 13.2. The van der Waals surface area contributed by atoms with Crippen LogP contribution in [0.15, 0.2) is 40.6 Å². The molecule has 0 fully saturated rings. The van der Waals surface area contributed by atoms with Gasteiger partial charge in [-0.25, -0.2) is 9.78 Å². The van der Waals surface area contributed by atoms with Crippen molar-refractivity contribution in [2.45, 2.75) is 93.2 Å². The van der Waals surface area contributed by atoms with Crippen molar-refractivity contribution >= 4 is 49.7 Å². The molecule has 3 rings (SSSR count). The number of ether oxygens (including phenoxy) is 1. The first kappa shape index (κ1) is 33.5. The molecule has 0 saturated heterocycles. The summed E-state index contributed by atoms with van der Waals surface area (Å²) in [4.78, 5) is 19.6. The number of aryl methyl sites for hydroxylation is 1. The minimum absolute atomic E-state index is 0.318. The van der Waals surface area contributed by atoms with E-state index in [1.165, 1.54) is 30.6 Å². The molecule has 42 heavy (non-hydrogen) atoms. The monoisotopic (exact) mass is 595 g/mol. The smallest absolute Gasteiger partial charge is 0.338 e. The van der Waals surface area contributed by atoms with Crippen LogP contribution in [0.1, 0.15) is 96.0 Å². The summed E-state index contributed by atoms with van der Waals surface area (Å²) in [6.07, 6.45) is 6.07. The van der Waals surface area contributed by atoms with E-state index in [1.807, 2.05) is 18.2 Å². The topological polar surface area (TPSA) is 99.4 Å². The minimum atomic E-state index is -0.747. The molecule has 0 bridgehead atoms. The first-order valence-electron chi connectivity index (χ1n) is 15.6. The predicted octanol–water partition coefficient (Wildman–Crippen LogP) is 9.41. The van der Waals surface area contributed by atoms with Crippen LogP contribution < -0.4 is 10.2 Å². The number of aromatic nitrogens is 1. The molecule has 2 aromatic carbocycles. The maximum atomic E-state index is 12.6. The molecule has 2 unspecified atom stereocenters. The first-order chi connectivity index (χ1) is 20.2. The van der Waals surface area contributed by atoms with Gasteiger partial charge in [-0.3, -0.25) is 0 Å². The summed E-state index contributed by atoms with van der Waals surface area (Å²) in [5.74, 6) is 0.701. The molecular weight excluding hydrogens is 546 g/mol. The van der Waals surface area contributed by atoms with Gasteiger partial charge >= 0.3 is 5.97 Å². The van der Waals surface area contributed by atoms with Gasteiger partial charge < -0.3 is 20.1 Å². The summed E-state index contributed by atoms with van der Waals surface area (Å²) < 4.78 is 6.39. The lowest BCUT2D eigenvalue weighted by molar-refractivity contribution is 0.0433. The van der Waals surface area contributed by atoms with E-state index >= 15 is 0 Å². The summed E-state index contributed by atoms with van der Waals surface area (Å²) in [7, 11) is 0. The van der Waals surface area contributed by atoms with Crippen LogP contribution in [0, 0.1) is 18.8 Å². The highest BCUT2D eigenvalue weighted by molar-refractivity contribution is 7.21. The highest BCUT2D eigenvalue weighted by Crippen LogP contribution is 2.37. The molecule has 230 valence electrons. The van der Waals surface area contributed by atoms with Gasteiger partial charge in [-0.1, -0.05) is 71.1 Å². The molecule has 2 atom stereocenters. The van der Waals surface area contributed by atoms with Gasteiger partial charge in [0.1, 0.15) is 11.9 Å². The van der Waals surface area contributed by atoms with Gasteiger partial charge in [-0.05, 0) is 74.9 Å². The molecule has 8 nitrogen and oxygen atoms in total. The van der Waals surface area contributed by atoms with Crippen molar-refractivity contribution in [2.75, 3.05) is 29.9 Å². The number of carbonyl (C=O) groups excluding carboxylic acids is 1. The molecule has 0 spiro atoms. The molecule has 0 aliphatic carbocycles. The highest BCUT2D eigenvalue weighted by atomic mass is 32.1. The molecule has 0 saturated carbocycles. The molecule has 0 amide bonds. The fourth-order valence-electron chi connectivity index (χ4n) is 5.05. The van der Waals surface area contributed by atoms with Gasteiger partial charge in [0, 0.05) is 18.8 Å². The van der Waals surface area contributed by atoms with Gasteiger partial charge in [0.15, 0.2) is 0 Å². The number of esters is 1. The number of aliphatic hydroxyl groups is 1. The number of hydrogen-bond acceptors (Lipinski definition) is 9. The number of carbonyl (C=O) groups is 1. The van der Waals surface area contributed by atoms with Crippen molar-refractivity contribution in [3.8, 4) is 0 Å². The highest BCUT2D eigenvalue weighted by Gasteiger charge is 2.18. The van der Waals surface area contributed by atoms with Crippen LogP contribution in [0.3, 0.4) is 0 Å². The van der Waals surface area contributed by atoms with Crippen molar-refractivity contribution in [3.05, 3.63) is 41.5 Å². The number of nitrogens with one attached hydrogen (secondary N) is 1. The molecule has 1 aromatic heterocycles. The predicted molar refractivity (Wildman–Crippen MR) is 176 cm³/mol. The minimum Gasteiger partial charge on any atom is -0.462 e. The average Bonchev–Trinajstić information content (AvgIpc) is 3.40. The van der Waals surface area contributed by atoms with E-state index in [9.17, 15) is 9.90 Å². The molecule has 0 aliphatic heterocycles.